The number of ketones is 1. The van der Waals surface area contributed by atoms with Crippen molar-refractivity contribution in [2.45, 2.75) is 56.7 Å². The molecule has 4 rings (SSSR count). The number of thioether (sulfide) groups is 1. The molecule has 10 heteroatoms. The van der Waals surface area contributed by atoms with Crippen LogP contribution < -0.4 is 0 Å². The second kappa shape index (κ2) is 9.60. The molecule has 0 bridgehead atoms. The molecule has 8 nitrogen and oxygen atoms in total. The van der Waals surface area contributed by atoms with Crippen LogP contribution in [0.4, 0.5) is 0 Å². The molecule has 170 valence electrons. The Morgan fingerprint density at radius 3 is 2.88 bits per heavy atom. The van der Waals surface area contributed by atoms with Crippen molar-refractivity contribution in [2.75, 3.05) is 13.7 Å². The lowest BCUT2D eigenvalue weighted by molar-refractivity contribution is 0.0599. The molecule has 0 unspecified atom stereocenters. The van der Waals surface area contributed by atoms with E-state index in [0.717, 1.165) is 30.2 Å². The zero-order chi connectivity index (χ0) is 22.8. The highest BCUT2D eigenvalue weighted by atomic mass is 32.2. The van der Waals surface area contributed by atoms with E-state index < -0.39 is 11.2 Å². The molecule has 0 aromatic carbocycles. The van der Waals surface area contributed by atoms with Crippen molar-refractivity contribution in [2.24, 2.45) is 0 Å². The van der Waals surface area contributed by atoms with Gasteiger partial charge >= 0.3 is 5.97 Å². The number of Topliss-reactive ketones (excluding diaryl/α,β-unsaturated/α-hetero) is 1. The molecule has 32 heavy (non-hydrogen) atoms. The number of methoxy groups -OCH3 is 1. The highest BCUT2D eigenvalue weighted by Crippen LogP contribution is 2.32. The van der Waals surface area contributed by atoms with E-state index in [1.165, 1.54) is 18.9 Å². The highest BCUT2D eigenvalue weighted by molar-refractivity contribution is 8.00. The van der Waals surface area contributed by atoms with Crippen LogP contribution in [0, 0.1) is 13.8 Å². The molecule has 0 spiro atoms. The van der Waals surface area contributed by atoms with E-state index in [0.29, 0.717) is 34.2 Å². The lowest BCUT2D eigenvalue weighted by atomic mass is 10.1. The number of carbonyl (C=O) groups excluding carboxylic acids is 2. The minimum atomic E-state index is -0.451. The maximum Gasteiger partial charge on any atom is 0.339 e. The zero-order valence-corrected chi connectivity index (χ0v) is 20.1. The van der Waals surface area contributed by atoms with Crippen molar-refractivity contribution in [1.29, 1.82) is 0 Å². The van der Waals surface area contributed by atoms with Gasteiger partial charge < -0.3 is 14.5 Å². The summed E-state index contributed by atoms with van der Waals surface area (Å²) < 4.78 is 12.8. The quantitative estimate of drug-likeness (QED) is 0.295. The number of rotatable bonds is 8. The predicted octanol–water partition coefficient (Wildman–Crippen LogP) is 4.28. The van der Waals surface area contributed by atoms with E-state index in [9.17, 15) is 9.59 Å². The fourth-order valence-electron chi connectivity index (χ4n) is 3.94. The Labute approximate surface area is 194 Å². The van der Waals surface area contributed by atoms with Gasteiger partial charge in [0.25, 0.3) is 0 Å². The van der Waals surface area contributed by atoms with Crippen molar-refractivity contribution in [3.63, 3.8) is 0 Å². The Balaban J connectivity index is 1.60. The van der Waals surface area contributed by atoms with E-state index >= 15 is 0 Å². The van der Waals surface area contributed by atoms with Gasteiger partial charge in [-0.3, -0.25) is 9.36 Å². The number of aromatic amines is 1. The fourth-order valence-corrected chi connectivity index (χ4v) is 5.57. The SMILES string of the molecule is COC(=O)c1c(C)[nH]c(C(=O)[C@H](C)Sc2nnc(-c3cccs3)n2C[C@@H]2CCCO2)c1C. The predicted molar refractivity (Wildman–Crippen MR) is 124 cm³/mol. The lowest BCUT2D eigenvalue weighted by Crippen LogP contribution is -2.19. The van der Waals surface area contributed by atoms with Crippen LogP contribution >= 0.6 is 23.1 Å². The van der Waals surface area contributed by atoms with E-state index in [1.807, 2.05) is 24.4 Å². The number of carbonyl (C=O) groups is 2. The van der Waals surface area contributed by atoms with Crippen molar-refractivity contribution in [1.82, 2.24) is 19.7 Å². The number of thiophene rings is 1. The molecular formula is C22H26N4O4S2. The summed E-state index contributed by atoms with van der Waals surface area (Å²) >= 11 is 2.97. The van der Waals surface area contributed by atoms with E-state index in [4.69, 9.17) is 9.47 Å². The van der Waals surface area contributed by atoms with Crippen LogP contribution in [0.2, 0.25) is 0 Å². The van der Waals surface area contributed by atoms with Gasteiger partial charge in [-0.25, -0.2) is 4.79 Å². The van der Waals surface area contributed by atoms with Gasteiger partial charge in [0, 0.05) is 12.3 Å². The van der Waals surface area contributed by atoms with Crippen molar-refractivity contribution < 1.29 is 19.1 Å². The number of H-pyrrole nitrogens is 1. The van der Waals surface area contributed by atoms with Gasteiger partial charge in [0.2, 0.25) is 0 Å². The lowest BCUT2D eigenvalue weighted by Gasteiger charge is -2.16. The van der Waals surface area contributed by atoms with Crippen LogP contribution in [0.1, 0.15) is 51.9 Å². The summed E-state index contributed by atoms with van der Waals surface area (Å²) in [4.78, 5) is 29.4. The van der Waals surface area contributed by atoms with Gasteiger partial charge in [0.05, 0.1) is 41.1 Å². The molecule has 0 aliphatic carbocycles. The standard InChI is InChI=1S/C22H26N4O4S2/c1-12-17(21(28)29-4)13(2)23-18(12)19(27)14(3)32-22-25-24-20(16-8-6-10-31-16)26(22)11-15-7-5-9-30-15/h6,8,10,14-15,23H,5,7,9,11H2,1-4H3/t14-,15-/m0/s1. The minimum absolute atomic E-state index is 0.102. The molecule has 3 aromatic heterocycles. The molecule has 0 saturated carbocycles. The van der Waals surface area contributed by atoms with Crippen LogP contribution in [-0.2, 0) is 16.0 Å². The molecule has 4 heterocycles. The third kappa shape index (κ3) is 4.39. The van der Waals surface area contributed by atoms with Gasteiger partial charge in [-0.1, -0.05) is 17.8 Å². The largest absolute Gasteiger partial charge is 0.465 e. The summed E-state index contributed by atoms with van der Waals surface area (Å²) in [6.45, 7) is 6.79. The first-order chi connectivity index (χ1) is 15.4. The number of esters is 1. The Hall–Kier alpha value is -2.43. The topological polar surface area (TPSA) is 99.1 Å². The second-order valence-electron chi connectivity index (χ2n) is 7.77. The number of nitrogens with zero attached hydrogens (tertiary/aromatic N) is 3. The summed E-state index contributed by atoms with van der Waals surface area (Å²) in [5, 5.41) is 11.1. The van der Waals surface area contributed by atoms with E-state index in [1.54, 1.807) is 25.2 Å². The molecule has 0 amide bonds. The molecule has 1 fully saturated rings. The molecule has 1 N–H and O–H groups in total. The van der Waals surface area contributed by atoms with Crippen LogP contribution in [-0.4, -0.2) is 56.6 Å². The number of ether oxygens (including phenoxy) is 2. The number of hydrogen-bond donors (Lipinski definition) is 1. The summed E-state index contributed by atoms with van der Waals surface area (Å²) in [6.07, 6.45) is 2.16. The van der Waals surface area contributed by atoms with Crippen molar-refractivity contribution >= 4 is 34.9 Å². The Kier molecular flexibility index (Phi) is 6.82. The summed E-state index contributed by atoms with van der Waals surface area (Å²) in [5.74, 6) is 0.236. The molecule has 3 aromatic rings. The van der Waals surface area contributed by atoms with Gasteiger partial charge in [-0.15, -0.1) is 21.5 Å². The Morgan fingerprint density at radius 1 is 1.41 bits per heavy atom. The fraction of sp³-hybridized carbons (Fsp3) is 0.455. The first kappa shape index (κ1) is 22.8. The summed E-state index contributed by atoms with van der Waals surface area (Å²) in [7, 11) is 1.33. The first-order valence-electron chi connectivity index (χ1n) is 10.5. The monoisotopic (exact) mass is 474 g/mol. The molecule has 1 aliphatic heterocycles. The Morgan fingerprint density at radius 2 is 2.22 bits per heavy atom. The number of aryl methyl sites for hydroxylation is 1. The van der Waals surface area contributed by atoms with Crippen LogP contribution in [0.25, 0.3) is 10.7 Å². The van der Waals surface area contributed by atoms with Gasteiger partial charge in [0.1, 0.15) is 0 Å². The van der Waals surface area contributed by atoms with Crippen molar-refractivity contribution in [3.05, 3.63) is 40.0 Å². The normalized spacial score (nSPS) is 16.9. The summed E-state index contributed by atoms with van der Waals surface area (Å²) in [6, 6.07) is 4.00. The number of hydrogen-bond acceptors (Lipinski definition) is 8. The smallest absolute Gasteiger partial charge is 0.339 e. The van der Waals surface area contributed by atoms with Gasteiger partial charge in [-0.2, -0.15) is 0 Å². The maximum absolute atomic E-state index is 13.3. The van der Waals surface area contributed by atoms with E-state index in [-0.39, 0.29) is 11.9 Å². The zero-order valence-electron chi connectivity index (χ0n) is 18.5. The third-order valence-electron chi connectivity index (χ3n) is 5.59. The minimum Gasteiger partial charge on any atom is -0.465 e. The van der Waals surface area contributed by atoms with Crippen molar-refractivity contribution in [3.8, 4) is 10.7 Å². The number of aromatic nitrogens is 4. The van der Waals surface area contributed by atoms with Crippen LogP contribution in [0.5, 0.6) is 0 Å². The average molecular weight is 475 g/mol. The first-order valence-corrected chi connectivity index (χ1v) is 12.2. The molecule has 1 aliphatic rings. The van der Waals surface area contributed by atoms with Gasteiger partial charge in [0.15, 0.2) is 16.8 Å². The maximum atomic E-state index is 13.3. The molecular weight excluding hydrogens is 448 g/mol. The molecule has 1 saturated heterocycles. The summed E-state index contributed by atoms with van der Waals surface area (Å²) in [5.41, 5.74) is 2.06. The average Bonchev–Trinajstić information content (AvgIpc) is 3.57. The Bertz CT molecular complexity index is 1110. The van der Waals surface area contributed by atoms with Crippen LogP contribution in [0.3, 0.4) is 0 Å². The number of nitrogens with one attached hydrogen (secondary N) is 1. The van der Waals surface area contributed by atoms with E-state index in [2.05, 4.69) is 19.7 Å². The van der Waals surface area contributed by atoms with Gasteiger partial charge in [-0.05, 0) is 50.6 Å². The second-order valence-corrected chi connectivity index (χ2v) is 10.0. The molecule has 0 radical (unpaired) electrons. The van der Waals surface area contributed by atoms with Crippen LogP contribution in [0.15, 0.2) is 22.7 Å². The third-order valence-corrected chi connectivity index (χ3v) is 7.54. The highest BCUT2D eigenvalue weighted by Gasteiger charge is 2.28. The molecule has 2 atom stereocenters.